The highest BCUT2D eigenvalue weighted by molar-refractivity contribution is 5.70. The molecule has 1 saturated heterocycles. The molecule has 0 radical (unpaired) electrons. The Kier molecular flexibility index (Phi) is 12.0. The molecule has 1 amide bonds. The van der Waals surface area contributed by atoms with Crippen molar-refractivity contribution in [3.63, 3.8) is 0 Å². The molecule has 0 aromatic heterocycles. The summed E-state index contributed by atoms with van der Waals surface area (Å²) < 4.78 is 11.0. The molecule has 30 heavy (non-hydrogen) atoms. The molecule has 168 valence electrons. The molecule has 0 aliphatic carbocycles. The quantitative estimate of drug-likeness (QED) is 0.351. The summed E-state index contributed by atoms with van der Waals surface area (Å²) in [6.45, 7) is 6.13. The van der Waals surface area contributed by atoms with Gasteiger partial charge in [0.05, 0.1) is 0 Å². The van der Waals surface area contributed by atoms with Crippen LogP contribution in [0.4, 0.5) is 4.79 Å². The summed E-state index contributed by atoms with van der Waals surface area (Å²) in [5.74, 6) is -0.254. The van der Waals surface area contributed by atoms with Crippen molar-refractivity contribution in [2.45, 2.75) is 77.4 Å². The van der Waals surface area contributed by atoms with Gasteiger partial charge in [-0.1, -0.05) is 56.5 Å². The lowest BCUT2D eigenvalue weighted by Crippen LogP contribution is -2.35. The van der Waals surface area contributed by atoms with Crippen LogP contribution in [-0.4, -0.2) is 49.2 Å². The first-order valence-electron chi connectivity index (χ1n) is 11.5. The fourth-order valence-electron chi connectivity index (χ4n) is 3.67. The van der Waals surface area contributed by atoms with Crippen LogP contribution in [-0.2, 0) is 20.9 Å². The predicted molar refractivity (Wildman–Crippen MR) is 118 cm³/mol. The van der Waals surface area contributed by atoms with E-state index in [1.165, 1.54) is 19.3 Å². The number of nitrogens with one attached hydrogen (secondary N) is 1. The van der Waals surface area contributed by atoms with Gasteiger partial charge in [-0.3, -0.25) is 4.79 Å². The molecular formula is C24H38N2O4. The topological polar surface area (TPSA) is 67.9 Å². The Labute approximate surface area is 181 Å². The largest absolute Gasteiger partial charge is 0.461 e. The fraction of sp³-hybridized carbons (Fsp3) is 0.667. The summed E-state index contributed by atoms with van der Waals surface area (Å²) in [4.78, 5) is 26.7. The highest BCUT2D eigenvalue weighted by atomic mass is 16.6. The number of carbonyl (C=O) groups is 2. The van der Waals surface area contributed by atoms with Crippen molar-refractivity contribution >= 4 is 12.1 Å². The number of benzene rings is 1. The van der Waals surface area contributed by atoms with E-state index in [1.54, 1.807) is 0 Å². The lowest BCUT2D eigenvalue weighted by molar-refractivity contribution is -0.145. The maximum absolute atomic E-state index is 12.2. The van der Waals surface area contributed by atoms with Gasteiger partial charge in [-0.05, 0) is 50.8 Å². The summed E-state index contributed by atoms with van der Waals surface area (Å²) in [5.41, 5.74) is 0.968. The second-order valence-corrected chi connectivity index (χ2v) is 8.04. The van der Waals surface area contributed by atoms with Crippen molar-refractivity contribution in [1.82, 2.24) is 10.2 Å². The second-order valence-electron chi connectivity index (χ2n) is 8.04. The van der Waals surface area contributed by atoms with Crippen molar-refractivity contribution in [3.8, 4) is 0 Å². The van der Waals surface area contributed by atoms with Gasteiger partial charge in [0.1, 0.15) is 12.7 Å². The van der Waals surface area contributed by atoms with E-state index in [2.05, 4.69) is 17.1 Å². The van der Waals surface area contributed by atoms with E-state index < -0.39 is 0 Å². The van der Waals surface area contributed by atoms with Gasteiger partial charge in [-0.25, -0.2) is 4.79 Å². The van der Waals surface area contributed by atoms with Gasteiger partial charge in [0.2, 0.25) is 0 Å². The third-order valence-electron chi connectivity index (χ3n) is 5.46. The normalized spacial score (nSPS) is 15.0. The first-order valence-corrected chi connectivity index (χ1v) is 11.5. The van der Waals surface area contributed by atoms with Crippen molar-refractivity contribution in [2.75, 3.05) is 26.2 Å². The number of likely N-dealkylation sites (tertiary alicyclic amines) is 1. The van der Waals surface area contributed by atoms with Gasteiger partial charge in [0.15, 0.2) is 0 Å². The fourth-order valence-corrected chi connectivity index (χ4v) is 3.67. The average molecular weight is 419 g/mol. The zero-order valence-corrected chi connectivity index (χ0v) is 18.4. The summed E-state index contributed by atoms with van der Waals surface area (Å²) >= 11 is 0. The summed E-state index contributed by atoms with van der Waals surface area (Å²) in [5, 5.41) is 2.86. The molecule has 1 aliphatic heterocycles. The number of hydrogen-bond acceptors (Lipinski definition) is 5. The number of rotatable bonds is 14. The van der Waals surface area contributed by atoms with Crippen LogP contribution in [0, 0.1) is 0 Å². The van der Waals surface area contributed by atoms with Gasteiger partial charge >= 0.3 is 12.1 Å². The lowest BCUT2D eigenvalue weighted by Gasteiger charge is -2.19. The first kappa shape index (κ1) is 24.2. The smallest absolute Gasteiger partial charge is 0.407 e. The van der Waals surface area contributed by atoms with Gasteiger partial charge in [0.25, 0.3) is 0 Å². The highest BCUT2D eigenvalue weighted by Crippen LogP contribution is 2.14. The number of carbonyl (C=O) groups excluding carboxylic acids is 2. The van der Waals surface area contributed by atoms with Crippen LogP contribution in [0.2, 0.25) is 0 Å². The molecule has 1 N–H and O–H groups in total. The Balaban J connectivity index is 1.69. The van der Waals surface area contributed by atoms with E-state index in [4.69, 9.17) is 9.47 Å². The first-order chi connectivity index (χ1) is 14.7. The molecule has 1 unspecified atom stereocenters. The van der Waals surface area contributed by atoms with Gasteiger partial charge in [-0.15, -0.1) is 0 Å². The number of unbranched alkanes of at least 4 members (excludes halogenated alkanes) is 3. The summed E-state index contributed by atoms with van der Waals surface area (Å²) in [7, 11) is 0. The van der Waals surface area contributed by atoms with E-state index >= 15 is 0 Å². The SMILES string of the molecule is CCCCCCC(CCC(=O)OCc1ccccc1)OC(=O)NCCN1CCCC1. The van der Waals surface area contributed by atoms with Gasteiger partial charge in [0, 0.05) is 19.5 Å². The summed E-state index contributed by atoms with van der Waals surface area (Å²) in [6.07, 6.45) is 7.84. The third kappa shape index (κ3) is 10.6. The number of ether oxygens (including phenoxy) is 2. The Morgan fingerprint density at radius 3 is 2.57 bits per heavy atom. The number of esters is 1. The zero-order chi connectivity index (χ0) is 21.4. The van der Waals surface area contributed by atoms with E-state index in [1.807, 2.05) is 30.3 Å². The van der Waals surface area contributed by atoms with E-state index in [0.717, 1.165) is 50.9 Å². The minimum absolute atomic E-state index is 0.252. The molecule has 6 nitrogen and oxygen atoms in total. The van der Waals surface area contributed by atoms with Crippen LogP contribution >= 0.6 is 0 Å². The van der Waals surface area contributed by atoms with Crippen LogP contribution in [0.5, 0.6) is 0 Å². The number of alkyl carbamates (subject to hydrolysis) is 1. The maximum atomic E-state index is 12.2. The van der Waals surface area contributed by atoms with Gasteiger partial charge in [-0.2, -0.15) is 0 Å². The van der Waals surface area contributed by atoms with Crippen LogP contribution in [0.1, 0.15) is 70.3 Å². The Bertz CT molecular complexity index is 602. The Morgan fingerprint density at radius 2 is 1.83 bits per heavy atom. The minimum Gasteiger partial charge on any atom is -0.461 e. The molecule has 6 heteroatoms. The lowest BCUT2D eigenvalue weighted by atomic mass is 10.1. The van der Waals surface area contributed by atoms with Crippen molar-refractivity contribution in [1.29, 1.82) is 0 Å². The van der Waals surface area contributed by atoms with E-state index in [-0.39, 0.29) is 31.2 Å². The number of amides is 1. The Hall–Kier alpha value is -2.08. The van der Waals surface area contributed by atoms with E-state index in [0.29, 0.717) is 13.0 Å². The number of hydrogen-bond donors (Lipinski definition) is 1. The standard InChI is InChI=1S/C24H38N2O4/c1-2-3-4-8-13-22(30-24(28)25-16-19-26-17-9-10-18-26)14-15-23(27)29-20-21-11-6-5-7-12-21/h5-7,11-12,22H,2-4,8-10,13-20H2,1H3,(H,25,28). The molecule has 1 heterocycles. The van der Waals surface area contributed by atoms with E-state index in [9.17, 15) is 9.59 Å². The number of nitrogens with zero attached hydrogens (tertiary/aromatic N) is 1. The van der Waals surface area contributed by atoms with Crippen molar-refractivity contribution in [2.24, 2.45) is 0 Å². The molecule has 0 bridgehead atoms. The van der Waals surface area contributed by atoms with Gasteiger partial charge < -0.3 is 19.7 Å². The highest BCUT2D eigenvalue weighted by Gasteiger charge is 2.17. The predicted octanol–water partition coefficient (Wildman–Crippen LogP) is 4.67. The molecule has 1 aliphatic rings. The molecule has 2 rings (SSSR count). The monoisotopic (exact) mass is 418 g/mol. The molecule has 1 atom stereocenters. The molecule has 0 spiro atoms. The van der Waals surface area contributed by atoms with Crippen LogP contribution < -0.4 is 5.32 Å². The van der Waals surface area contributed by atoms with Crippen molar-refractivity contribution < 1.29 is 19.1 Å². The minimum atomic E-state index is -0.382. The third-order valence-corrected chi connectivity index (χ3v) is 5.46. The van der Waals surface area contributed by atoms with Crippen LogP contribution in [0.3, 0.4) is 0 Å². The Morgan fingerprint density at radius 1 is 1.07 bits per heavy atom. The molecule has 1 aromatic carbocycles. The maximum Gasteiger partial charge on any atom is 0.407 e. The second kappa shape index (κ2) is 14.8. The summed E-state index contributed by atoms with van der Waals surface area (Å²) in [6, 6.07) is 9.64. The zero-order valence-electron chi connectivity index (χ0n) is 18.4. The molecule has 1 fully saturated rings. The molecule has 0 saturated carbocycles. The molecule has 1 aromatic rings. The van der Waals surface area contributed by atoms with Crippen LogP contribution in [0.25, 0.3) is 0 Å². The molecular weight excluding hydrogens is 380 g/mol. The van der Waals surface area contributed by atoms with Crippen molar-refractivity contribution in [3.05, 3.63) is 35.9 Å². The average Bonchev–Trinajstić information content (AvgIpc) is 3.27. The van der Waals surface area contributed by atoms with Crippen LogP contribution in [0.15, 0.2) is 30.3 Å².